The van der Waals surface area contributed by atoms with Gasteiger partial charge in [0, 0.05) is 0 Å². The second kappa shape index (κ2) is 10.4. The second-order valence-electron chi connectivity index (χ2n) is 2.31. The molecule has 2 aromatic rings. The average Bonchev–Trinajstić information content (AvgIpc) is 2.92. The number of hydrogen-bond acceptors (Lipinski definition) is 2. The summed E-state index contributed by atoms with van der Waals surface area (Å²) in [5.74, 6) is 0.910. The van der Waals surface area contributed by atoms with Crippen molar-refractivity contribution in [2.24, 2.45) is 0 Å². The highest BCUT2D eigenvalue weighted by Gasteiger charge is 1.80. The maximum atomic E-state index is 4.91. The van der Waals surface area contributed by atoms with Gasteiger partial charge in [0.1, 0.15) is 5.75 Å². The van der Waals surface area contributed by atoms with Crippen LogP contribution in [0.1, 0.15) is 0 Å². The summed E-state index contributed by atoms with van der Waals surface area (Å²) in [6.45, 7) is 0. The Morgan fingerprint density at radius 3 is 1.73 bits per heavy atom. The molecule has 0 aliphatic carbocycles. The zero-order chi connectivity index (χ0) is 11.4. The Hall–Kier alpha value is -1.72. The van der Waals surface area contributed by atoms with Gasteiger partial charge in [-0.3, -0.25) is 0 Å². The Morgan fingerprint density at radius 2 is 1.47 bits per heavy atom. The lowest BCUT2D eigenvalue weighted by Gasteiger charge is -1.93. The van der Waals surface area contributed by atoms with Gasteiger partial charge in [-0.05, 0) is 22.9 Å². The Balaban J connectivity index is 0.000000241. The molecule has 0 atom stereocenters. The van der Waals surface area contributed by atoms with Crippen molar-refractivity contribution >= 4 is 11.3 Å². The third-order valence-corrected chi connectivity index (χ3v) is 2.03. The lowest BCUT2D eigenvalue weighted by molar-refractivity contribution is 0.415. The van der Waals surface area contributed by atoms with Gasteiger partial charge in [0.25, 0.3) is 0 Å². The Labute approximate surface area is 95.3 Å². The van der Waals surface area contributed by atoms with Crippen LogP contribution in [0.4, 0.5) is 0 Å². The highest BCUT2D eigenvalue weighted by molar-refractivity contribution is 7.07. The van der Waals surface area contributed by atoms with Crippen LogP contribution in [0.3, 0.4) is 0 Å². The van der Waals surface area contributed by atoms with Crippen molar-refractivity contribution in [3.05, 3.63) is 53.2 Å². The summed E-state index contributed by atoms with van der Waals surface area (Å²) in [7, 11) is 1.66. The van der Waals surface area contributed by atoms with E-state index in [0.717, 1.165) is 5.75 Å². The summed E-state index contributed by atoms with van der Waals surface area (Å²) in [5, 5.41) is 4.08. The lowest BCUT2D eigenvalue weighted by atomic mass is 10.3. The molecular weight excluding hydrogens is 204 g/mol. The first kappa shape index (κ1) is 13.3. The van der Waals surface area contributed by atoms with Crippen molar-refractivity contribution in [3.63, 3.8) is 0 Å². The first-order valence-electron chi connectivity index (χ1n) is 4.33. The number of rotatable bonds is 1. The maximum absolute atomic E-state index is 4.91. The summed E-state index contributed by atoms with van der Waals surface area (Å²) in [6.07, 6.45) is 8.00. The fourth-order valence-corrected chi connectivity index (χ4v) is 1.24. The van der Waals surface area contributed by atoms with Gasteiger partial charge < -0.3 is 4.74 Å². The molecule has 0 bridgehead atoms. The molecule has 78 valence electrons. The van der Waals surface area contributed by atoms with E-state index in [9.17, 15) is 0 Å². The number of terminal acetylenes is 1. The third-order valence-electron chi connectivity index (χ3n) is 1.40. The smallest absolute Gasteiger partial charge is 0.118 e. The molecule has 1 nitrogen and oxygen atoms in total. The van der Waals surface area contributed by atoms with Crippen molar-refractivity contribution in [1.82, 2.24) is 0 Å². The van der Waals surface area contributed by atoms with E-state index >= 15 is 0 Å². The minimum atomic E-state index is 0.910. The fourth-order valence-electron chi connectivity index (χ4n) is 0.783. The van der Waals surface area contributed by atoms with Crippen LogP contribution >= 0.6 is 11.3 Å². The number of ether oxygens (including phenoxy) is 1. The number of para-hydroxylation sites is 1. The van der Waals surface area contributed by atoms with Gasteiger partial charge in [0.15, 0.2) is 0 Å². The largest absolute Gasteiger partial charge is 0.497 e. The first-order chi connectivity index (χ1) is 7.43. The van der Waals surface area contributed by atoms with Crippen LogP contribution < -0.4 is 4.74 Å². The normalized spacial score (nSPS) is 7.40. The Kier molecular flexibility index (Phi) is 9.17. The lowest BCUT2D eigenvalue weighted by Crippen LogP contribution is -1.78. The molecule has 1 aromatic heterocycles. The minimum Gasteiger partial charge on any atom is -0.497 e. The number of methoxy groups -OCH3 is 1. The Morgan fingerprint density at radius 1 is 0.933 bits per heavy atom. The summed E-state index contributed by atoms with van der Waals surface area (Å²) in [5.41, 5.74) is 0. The highest BCUT2D eigenvalue weighted by atomic mass is 32.1. The van der Waals surface area contributed by atoms with Crippen molar-refractivity contribution in [1.29, 1.82) is 0 Å². The molecule has 0 amide bonds. The van der Waals surface area contributed by atoms with Gasteiger partial charge >= 0.3 is 0 Å². The molecule has 0 saturated heterocycles. The van der Waals surface area contributed by atoms with Gasteiger partial charge in [-0.15, -0.1) is 12.8 Å². The van der Waals surface area contributed by atoms with E-state index in [1.54, 1.807) is 18.4 Å². The van der Waals surface area contributed by atoms with Gasteiger partial charge in [0.2, 0.25) is 0 Å². The van der Waals surface area contributed by atoms with Gasteiger partial charge in [0.05, 0.1) is 7.11 Å². The van der Waals surface area contributed by atoms with Gasteiger partial charge in [-0.25, -0.2) is 0 Å². The number of benzene rings is 1. The topological polar surface area (TPSA) is 9.23 Å². The molecule has 2 heteroatoms. The SMILES string of the molecule is C#C.COc1ccccc1.c1ccsc1. The third kappa shape index (κ3) is 7.36. The molecule has 15 heavy (non-hydrogen) atoms. The van der Waals surface area contributed by atoms with Gasteiger partial charge in [-0.2, -0.15) is 11.3 Å². The number of thiophene rings is 1. The first-order valence-corrected chi connectivity index (χ1v) is 5.27. The molecule has 2 rings (SSSR count). The van der Waals surface area contributed by atoms with Crippen molar-refractivity contribution in [2.45, 2.75) is 0 Å². The van der Waals surface area contributed by atoms with Crippen molar-refractivity contribution < 1.29 is 4.74 Å². The molecule has 1 aromatic carbocycles. The quantitative estimate of drug-likeness (QED) is 0.663. The molecule has 0 aliphatic heterocycles. The monoisotopic (exact) mass is 218 g/mol. The predicted molar refractivity (Wildman–Crippen MR) is 67.2 cm³/mol. The average molecular weight is 218 g/mol. The number of hydrogen-bond donors (Lipinski definition) is 0. The molecule has 0 spiro atoms. The van der Waals surface area contributed by atoms with E-state index in [1.165, 1.54) is 0 Å². The predicted octanol–water partition coefficient (Wildman–Crippen LogP) is 3.69. The summed E-state index contributed by atoms with van der Waals surface area (Å²) >= 11 is 1.71. The van der Waals surface area contributed by atoms with E-state index in [0.29, 0.717) is 0 Å². The van der Waals surface area contributed by atoms with E-state index in [2.05, 4.69) is 12.8 Å². The zero-order valence-corrected chi connectivity index (χ0v) is 9.48. The highest BCUT2D eigenvalue weighted by Crippen LogP contribution is 2.05. The Bertz CT molecular complexity index is 307. The van der Waals surface area contributed by atoms with Crippen LogP contribution in [0, 0.1) is 12.8 Å². The van der Waals surface area contributed by atoms with E-state index in [-0.39, 0.29) is 0 Å². The van der Waals surface area contributed by atoms with Gasteiger partial charge in [-0.1, -0.05) is 30.3 Å². The van der Waals surface area contributed by atoms with Crippen molar-refractivity contribution in [3.8, 4) is 18.6 Å². The molecule has 0 unspecified atom stereocenters. The zero-order valence-electron chi connectivity index (χ0n) is 8.67. The minimum absolute atomic E-state index is 0.910. The van der Waals surface area contributed by atoms with Crippen LogP contribution in [-0.4, -0.2) is 7.11 Å². The van der Waals surface area contributed by atoms with E-state index in [4.69, 9.17) is 4.74 Å². The summed E-state index contributed by atoms with van der Waals surface area (Å²) < 4.78 is 4.91. The second-order valence-corrected chi connectivity index (χ2v) is 3.13. The molecule has 1 heterocycles. The van der Waals surface area contributed by atoms with E-state index in [1.807, 2.05) is 53.2 Å². The summed E-state index contributed by atoms with van der Waals surface area (Å²) in [4.78, 5) is 0. The van der Waals surface area contributed by atoms with Crippen LogP contribution in [0.25, 0.3) is 0 Å². The molecular formula is C13H14OS. The molecule has 0 fully saturated rings. The summed E-state index contributed by atoms with van der Waals surface area (Å²) in [6, 6.07) is 13.7. The standard InChI is InChI=1S/C7H8O.C4H4S.C2H2/c1-8-7-5-3-2-4-6-7;1-2-4-5-3-1;1-2/h2-6H,1H3;1-4H;1-2H. The van der Waals surface area contributed by atoms with Crippen LogP contribution in [0.15, 0.2) is 53.2 Å². The maximum Gasteiger partial charge on any atom is 0.118 e. The molecule has 0 radical (unpaired) electrons. The van der Waals surface area contributed by atoms with Crippen molar-refractivity contribution in [2.75, 3.05) is 7.11 Å². The van der Waals surface area contributed by atoms with E-state index < -0.39 is 0 Å². The molecule has 0 N–H and O–H groups in total. The fraction of sp³-hybridized carbons (Fsp3) is 0.0769. The van der Waals surface area contributed by atoms with Crippen LogP contribution in [0.5, 0.6) is 5.75 Å². The van der Waals surface area contributed by atoms with Crippen LogP contribution in [0.2, 0.25) is 0 Å². The van der Waals surface area contributed by atoms with Crippen LogP contribution in [-0.2, 0) is 0 Å². The molecule has 0 aliphatic rings. The molecule has 0 saturated carbocycles.